The maximum atomic E-state index is 12.4. The van der Waals surface area contributed by atoms with Gasteiger partial charge < -0.3 is 47.3 Å². The second-order valence-corrected chi connectivity index (χ2v) is 21.6. The predicted molar refractivity (Wildman–Crippen MR) is 276 cm³/mol. The van der Waals surface area contributed by atoms with Gasteiger partial charge in [-0.25, -0.2) is 0 Å². The Balaban J connectivity index is 1.51. The molecule has 2 aromatic rings. The minimum atomic E-state index is -4.43. The van der Waals surface area contributed by atoms with E-state index in [-0.39, 0.29) is 16.1 Å². The average Bonchev–Trinajstić information content (AvgIpc) is 3.64. The lowest BCUT2D eigenvalue weighted by molar-refractivity contribution is -0.890. The number of methoxy groups -OCH3 is 2. The molecule has 1 N–H and O–H groups in total. The summed E-state index contributed by atoms with van der Waals surface area (Å²) in [5.74, 6) is 1.11. The van der Waals surface area contributed by atoms with E-state index in [1.807, 2.05) is 0 Å². The molecule has 14 nitrogen and oxygen atoms in total. The van der Waals surface area contributed by atoms with Gasteiger partial charge in [0.1, 0.15) is 18.1 Å². The number of hydrogen-bond donors (Lipinski definition) is 1. The number of fused-ring (bicyclic) bond motifs is 2. The summed E-state index contributed by atoms with van der Waals surface area (Å²) >= 11 is 0. The van der Waals surface area contributed by atoms with Gasteiger partial charge in [0, 0.05) is 74.5 Å². The second kappa shape index (κ2) is 26.6. The molecule has 0 fully saturated rings. The molecular weight excluding hydrogens is 911 g/mol. The van der Waals surface area contributed by atoms with E-state index in [9.17, 15) is 17.8 Å². The number of hydrogen-bond acceptors (Lipinski definition) is 11. The van der Waals surface area contributed by atoms with Crippen molar-refractivity contribution in [3.05, 3.63) is 100.0 Å². The molecule has 0 atom stereocenters. The molecule has 0 aromatic heterocycles. The Bertz CT molecular complexity index is 2350. The van der Waals surface area contributed by atoms with Crippen LogP contribution in [0.5, 0.6) is 0 Å². The van der Waals surface area contributed by atoms with Gasteiger partial charge in [-0.1, -0.05) is 37.6 Å². The standard InChI is InChI=1S/C55H82N3O11S/c1-42-17-21-49-47(40-42)54(3,4)51(56(49)25-30-65-36-38-67-34-32-63-9)23-18-44-15-11-16-45(53(44)69-29-13-28-58(7,8)27-12-14-43(2)59)19-24-52-55(5,6)48-41-46(70(60,61)62)20-22-50(48)57(52)26-31-66-37-39-68-35-33-64-10/h17-24,40-41H,11-16,25-39H2,1-10H3/q+1/p+1. The van der Waals surface area contributed by atoms with Crippen LogP contribution in [-0.4, -0.2) is 161 Å². The normalized spacial score (nSPS) is 18.0. The van der Waals surface area contributed by atoms with Crippen LogP contribution in [0.15, 0.2) is 88.2 Å². The molecule has 388 valence electrons. The highest BCUT2D eigenvalue weighted by Crippen LogP contribution is 2.48. The van der Waals surface area contributed by atoms with E-state index in [2.05, 4.69) is 101 Å². The van der Waals surface area contributed by atoms with Crippen molar-refractivity contribution < 1.29 is 60.0 Å². The van der Waals surface area contributed by atoms with Gasteiger partial charge in [0.05, 0.1) is 104 Å². The summed E-state index contributed by atoms with van der Waals surface area (Å²) in [5.41, 5.74) is 8.87. The molecule has 15 heteroatoms. The van der Waals surface area contributed by atoms with Gasteiger partial charge in [-0.2, -0.15) is 13.0 Å². The summed E-state index contributed by atoms with van der Waals surface area (Å²) in [6.07, 6.45) is 13.8. The van der Waals surface area contributed by atoms with Crippen LogP contribution in [0, 0.1) is 6.92 Å². The first-order valence-corrected chi connectivity index (χ1v) is 26.5. The van der Waals surface area contributed by atoms with Crippen molar-refractivity contribution in [2.75, 3.05) is 132 Å². The predicted octanol–water partition coefficient (Wildman–Crippen LogP) is 8.43. The Morgan fingerprint density at radius 3 is 2.07 bits per heavy atom. The Kier molecular flexibility index (Phi) is 21.6. The topological polar surface area (TPSA) is 142 Å². The third-order valence-electron chi connectivity index (χ3n) is 13.5. The number of benzene rings is 2. The van der Waals surface area contributed by atoms with Gasteiger partial charge >= 0.3 is 0 Å². The number of carbonyl (C=O) groups excluding carboxylic acids is 1. The third-order valence-corrected chi connectivity index (χ3v) is 14.4. The van der Waals surface area contributed by atoms with E-state index < -0.39 is 15.5 Å². The van der Waals surface area contributed by atoms with Crippen LogP contribution in [0.4, 0.5) is 11.4 Å². The summed E-state index contributed by atoms with van der Waals surface area (Å²) in [4.78, 5) is 14.0. The van der Waals surface area contributed by atoms with Gasteiger partial charge in [-0.05, 0) is 94.0 Å². The first-order chi connectivity index (χ1) is 33.3. The van der Waals surface area contributed by atoms with Crippen molar-refractivity contribution in [1.29, 1.82) is 0 Å². The zero-order chi connectivity index (χ0) is 51.0. The Labute approximate surface area is 419 Å². The van der Waals surface area contributed by atoms with Crippen molar-refractivity contribution in [2.24, 2.45) is 0 Å². The van der Waals surface area contributed by atoms with Crippen LogP contribution in [-0.2, 0) is 58.9 Å². The van der Waals surface area contributed by atoms with Crippen LogP contribution in [0.1, 0.15) is 89.8 Å². The molecule has 0 spiro atoms. The van der Waals surface area contributed by atoms with Gasteiger partial charge in [0.15, 0.2) is 12.3 Å². The van der Waals surface area contributed by atoms with E-state index in [0.29, 0.717) is 92.2 Å². The number of ether oxygens (including phenoxy) is 7. The number of ketones is 1. The number of nitrogens with zero attached hydrogens (tertiary/aromatic N) is 3. The van der Waals surface area contributed by atoms with Gasteiger partial charge in [-0.15, -0.1) is 0 Å². The lowest BCUT2D eigenvalue weighted by Gasteiger charge is -2.30. The maximum Gasteiger partial charge on any atom is 0.294 e. The fraction of sp³-hybridized carbons (Fsp3) is 0.600. The Hall–Kier alpha value is -4.03. The molecule has 70 heavy (non-hydrogen) atoms. The highest BCUT2D eigenvalue weighted by molar-refractivity contribution is 7.85. The van der Waals surface area contributed by atoms with E-state index in [1.54, 1.807) is 33.3 Å². The summed E-state index contributed by atoms with van der Waals surface area (Å²) in [6.45, 7) is 21.1. The van der Waals surface area contributed by atoms with E-state index in [4.69, 9.17) is 33.2 Å². The molecule has 0 unspecified atom stereocenters. The minimum Gasteiger partial charge on any atom is -0.493 e. The lowest BCUT2D eigenvalue weighted by atomic mass is 9.81. The molecule has 5 rings (SSSR count). The van der Waals surface area contributed by atoms with Gasteiger partial charge in [-0.3, -0.25) is 4.55 Å². The average molecular weight is 994 g/mol. The molecule has 0 radical (unpaired) electrons. The van der Waals surface area contributed by atoms with Gasteiger partial charge in [0.25, 0.3) is 10.1 Å². The molecule has 2 heterocycles. The first kappa shape index (κ1) is 56.9. The molecule has 0 saturated carbocycles. The fourth-order valence-corrected chi connectivity index (χ4v) is 10.1. The molecule has 0 bridgehead atoms. The maximum absolute atomic E-state index is 12.4. The van der Waals surface area contributed by atoms with E-state index in [0.717, 1.165) is 83.5 Å². The highest BCUT2D eigenvalue weighted by Gasteiger charge is 2.45. The number of carbonyl (C=O) groups is 1. The fourth-order valence-electron chi connectivity index (χ4n) is 9.63. The van der Waals surface area contributed by atoms with Crippen molar-refractivity contribution >= 4 is 33.0 Å². The lowest BCUT2D eigenvalue weighted by Crippen LogP contribution is -2.41. The Morgan fingerprint density at radius 2 is 1.41 bits per heavy atom. The summed E-state index contributed by atoms with van der Waals surface area (Å²) in [5, 5.41) is 0. The van der Waals surface area contributed by atoms with Crippen molar-refractivity contribution in [1.82, 2.24) is 0 Å². The molecule has 2 aliphatic heterocycles. The number of quaternary nitrogens is 1. The van der Waals surface area contributed by atoms with Crippen LogP contribution in [0.3, 0.4) is 0 Å². The SMILES string of the molecule is COCCOCCOCCN1C(=CC=C2CCCC(C=CC3=[N+](CCOCCOCCOC)c4ccc(S(=O)(=O)O)cc4C3(C)C)=C2OCCC[N+](C)(C)CCCC(C)=O)C(C)(C)c2cc(C)ccc21. The summed E-state index contributed by atoms with van der Waals surface area (Å²) in [7, 11) is 3.31. The third kappa shape index (κ3) is 15.7. The van der Waals surface area contributed by atoms with Crippen LogP contribution in [0.2, 0.25) is 0 Å². The number of allylic oxidation sites excluding steroid dienone is 7. The molecule has 0 amide bonds. The largest absolute Gasteiger partial charge is 0.493 e. The van der Waals surface area contributed by atoms with Crippen molar-refractivity contribution in [3.8, 4) is 0 Å². The zero-order valence-corrected chi connectivity index (χ0v) is 44.7. The summed E-state index contributed by atoms with van der Waals surface area (Å²) < 4.78 is 78.3. The van der Waals surface area contributed by atoms with Crippen LogP contribution in [0.25, 0.3) is 0 Å². The molecular formula is C55H83N3O11S+2. The molecule has 2 aromatic carbocycles. The number of aryl methyl sites for hydroxylation is 1. The van der Waals surface area contributed by atoms with Crippen molar-refractivity contribution in [3.63, 3.8) is 0 Å². The van der Waals surface area contributed by atoms with Crippen molar-refractivity contribution in [2.45, 2.75) is 95.8 Å². The van der Waals surface area contributed by atoms with E-state index >= 15 is 0 Å². The molecule has 3 aliphatic rings. The second-order valence-electron chi connectivity index (χ2n) is 20.2. The highest BCUT2D eigenvalue weighted by atomic mass is 32.2. The Morgan fingerprint density at radius 1 is 0.771 bits per heavy atom. The first-order valence-electron chi connectivity index (χ1n) is 25.0. The zero-order valence-electron chi connectivity index (χ0n) is 43.9. The van der Waals surface area contributed by atoms with E-state index in [1.165, 1.54) is 28.6 Å². The quantitative estimate of drug-likeness (QED) is 0.0336. The summed E-state index contributed by atoms with van der Waals surface area (Å²) in [6, 6.07) is 11.5. The molecule has 1 aliphatic carbocycles. The number of rotatable bonds is 31. The minimum absolute atomic E-state index is 0.137. The van der Waals surface area contributed by atoms with Crippen LogP contribution < -0.4 is 4.90 Å². The van der Waals surface area contributed by atoms with Crippen LogP contribution >= 0.6 is 0 Å². The number of Topliss-reactive ketones (excluding diaryl/α,β-unsaturated/α-hetero) is 1. The van der Waals surface area contributed by atoms with Gasteiger partial charge in [0.2, 0.25) is 5.69 Å². The smallest absolute Gasteiger partial charge is 0.294 e. The monoisotopic (exact) mass is 994 g/mol. The number of anilines is 1. The molecule has 0 saturated heterocycles.